The van der Waals surface area contributed by atoms with Crippen molar-refractivity contribution in [2.24, 2.45) is 0 Å². The molecule has 0 radical (unpaired) electrons. The average Bonchev–Trinajstić information content (AvgIpc) is 2.85. The zero-order valence-electron chi connectivity index (χ0n) is 21.1. The van der Waals surface area contributed by atoms with E-state index in [2.05, 4.69) is 146 Å². The predicted molar refractivity (Wildman–Crippen MR) is 158 cm³/mol. The minimum Gasteiger partial charge on any atom is -0.309 e. The van der Waals surface area contributed by atoms with E-state index in [1.54, 1.807) is 0 Å². The summed E-state index contributed by atoms with van der Waals surface area (Å²) in [6.45, 7) is 4.27. The van der Waals surface area contributed by atoms with E-state index >= 15 is 0 Å². The minimum absolute atomic E-state index is 0.952. The lowest BCUT2D eigenvalue weighted by Gasteiger charge is -2.29. The summed E-state index contributed by atoms with van der Waals surface area (Å²) < 4.78 is 0. The average molecular weight is 474 g/mol. The van der Waals surface area contributed by atoms with Crippen molar-refractivity contribution in [3.8, 4) is 11.2 Å². The highest BCUT2D eigenvalue weighted by Crippen LogP contribution is 2.45. The van der Waals surface area contributed by atoms with Crippen molar-refractivity contribution in [3.63, 3.8) is 0 Å². The summed E-state index contributed by atoms with van der Waals surface area (Å²) in [7, 11) is -0.952. The van der Waals surface area contributed by atoms with E-state index in [0.29, 0.717) is 0 Å². The van der Waals surface area contributed by atoms with Crippen LogP contribution in [-0.2, 0) is 0 Å². The molecule has 0 saturated heterocycles. The molecule has 2 heteroatoms. The maximum Gasteiger partial charge on any atom is 0.0619 e. The van der Waals surface area contributed by atoms with Crippen LogP contribution in [0.5, 0.6) is 0 Å². The van der Waals surface area contributed by atoms with Gasteiger partial charge in [-0.05, 0) is 62.1 Å². The Morgan fingerprint density at radius 2 is 0.943 bits per heavy atom. The van der Waals surface area contributed by atoms with Gasteiger partial charge in [0.05, 0.1) is 5.69 Å². The molecule has 0 spiro atoms. The largest absolute Gasteiger partial charge is 0.309 e. The second-order valence-electron chi connectivity index (χ2n) is 9.89. The third-order valence-corrected chi connectivity index (χ3v) is 6.91. The Balaban J connectivity index is 1.91. The number of nitrogens with zero attached hydrogens (tertiary/aromatic N) is 1. The van der Waals surface area contributed by atoms with Crippen molar-refractivity contribution in [3.05, 3.63) is 114 Å². The Morgan fingerprint density at radius 3 is 1.34 bits per heavy atom. The van der Waals surface area contributed by atoms with Crippen molar-refractivity contribution in [2.75, 3.05) is 23.7 Å². The van der Waals surface area contributed by atoms with E-state index in [9.17, 15) is 0 Å². The third kappa shape index (κ3) is 4.65. The molecule has 5 aromatic carbocycles. The number of aryl methyl sites for hydroxylation is 2. The smallest absolute Gasteiger partial charge is 0.0619 e. The van der Waals surface area contributed by atoms with Gasteiger partial charge in [0.1, 0.15) is 0 Å². The van der Waals surface area contributed by atoms with Crippen LogP contribution >= 0.6 is 10.0 Å². The van der Waals surface area contributed by atoms with Gasteiger partial charge in [-0.3, -0.25) is 0 Å². The molecule has 0 atom stereocenters. The van der Waals surface area contributed by atoms with Crippen LogP contribution in [-0.4, -0.2) is 18.8 Å². The molecular weight excluding hydrogens is 442 g/mol. The molecule has 0 fully saturated rings. The van der Waals surface area contributed by atoms with E-state index in [1.165, 1.54) is 38.4 Å². The number of hydrogen-bond donors (Lipinski definition) is 0. The highest BCUT2D eigenvalue weighted by Gasteiger charge is 2.20. The topological polar surface area (TPSA) is 3.24 Å². The summed E-state index contributed by atoms with van der Waals surface area (Å²) in [5.74, 6) is 3.60. The monoisotopic (exact) mass is 473 g/mol. The van der Waals surface area contributed by atoms with Crippen molar-refractivity contribution in [1.29, 1.82) is 0 Å². The van der Waals surface area contributed by atoms with Crippen LogP contribution in [0.2, 0.25) is 0 Å². The standard InChI is InChI=1S/C33H31NS/c1-24-14-18-26(19-15-24)34(27-20-16-25(2)17-21-27)33-31-12-8-6-10-28(31)30(22-23-35(3,4)5)29-11-7-9-13-32(29)33/h6-21H,1-5H3. The lowest BCUT2D eigenvalue weighted by atomic mass is 9.94. The number of rotatable bonds is 3. The van der Waals surface area contributed by atoms with Crippen LogP contribution in [0.4, 0.5) is 17.1 Å². The normalized spacial score (nSPS) is 11.8. The molecule has 35 heavy (non-hydrogen) atoms. The summed E-state index contributed by atoms with van der Waals surface area (Å²) in [5.41, 5.74) is 7.11. The molecule has 0 heterocycles. The Morgan fingerprint density at radius 1 is 0.543 bits per heavy atom. The molecule has 0 amide bonds. The molecule has 0 bridgehead atoms. The first-order valence-corrected chi connectivity index (χ1v) is 14.8. The van der Waals surface area contributed by atoms with Crippen LogP contribution in [0.25, 0.3) is 21.5 Å². The van der Waals surface area contributed by atoms with Gasteiger partial charge in [0.15, 0.2) is 0 Å². The van der Waals surface area contributed by atoms with Crippen LogP contribution in [0.3, 0.4) is 0 Å². The van der Waals surface area contributed by atoms with E-state index in [0.717, 1.165) is 16.9 Å². The molecule has 0 aliphatic heterocycles. The van der Waals surface area contributed by atoms with Crippen LogP contribution in [0.15, 0.2) is 97.1 Å². The first kappa shape index (κ1) is 23.1. The number of benzene rings is 5. The Hall–Kier alpha value is -3.67. The fourth-order valence-electron chi connectivity index (χ4n) is 4.48. The fourth-order valence-corrected chi connectivity index (χ4v) is 4.89. The Kier molecular flexibility index (Phi) is 6.05. The summed E-state index contributed by atoms with van der Waals surface area (Å²) in [6, 6.07) is 35.0. The minimum atomic E-state index is -0.952. The lowest BCUT2D eigenvalue weighted by Crippen LogP contribution is -2.11. The zero-order chi connectivity index (χ0) is 24.6. The predicted octanol–water partition coefficient (Wildman–Crippen LogP) is 9.08. The molecular formula is C33H31NS. The van der Waals surface area contributed by atoms with Crippen molar-refractivity contribution < 1.29 is 0 Å². The molecule has 0 N–H and O–H groups in total. The number of hydrogen-bond acceptors (Lipinski definition) is 1. The van der Waals surface area contributed by atoms with Gasteiger partial charge >= 0.3 is 0 Å². The molecule has 0 unspecified atom stereocenters. The Bertz CT molecular complexity index is 1470. The maximum absolute atomic E-state index is 3.60. The first-order valence-electron chi connectivity index (χ1n) is 11.9. The Labute approximate surface area is 210 Å². The second-order valence-corrected chi connectivity index (χ2v) is 13.8. The van der Waals surface area contributed by atoms with Crippen LogP contribution in [0, 0.1) is 25.0 Å². The van der Waals surface area contributed by atoms with Gasteiger partial charge < -0.3 is 4.90 Å². The van der Waals surface area contributed by atoms with E-state index in [1.807, 2.05) is 0 Å². The molecule has 5 rings (SSSR count). The molecule has 174 valence electrons. The quantitative estimate of drug-likeness (QED) is 0.187. The fraction of sp³-hybridized carbons (Fsp3) is 0.152. The van der Waals surface area contributed by atoms with Gasteiger partial charge in [-0.1, -0.05) is 89.8 Å². The summed E-state index contributed by atoms with van der Waals surface area (Å²) in [6.07, 6.45) is 6.74. The molecule has 1 nitrogen and oxygen atoms in total. The molecule has 0 aromatic heterocycles. The van der Waals surface area contributed by atoms with Crippen molar-refractivity contribution in [1.82, 2.24) is 0 Å². The molecule has 0 aliphatic rings. The van der Waals surface area contributed by atoms with E-state index < -0.39 is 10.0 Å². The highest BCUT2D eigenvalue weighted by molar-refractivity contribution is 8.36. The molecule has 0 saturated carbocycles. The third-order valence-electron chi connectivity index (χ3n) is 6.19. The second kappa shape index (κ2) is 9.17. The summed E-state index contributed by atoms with van der Waals surface area (Å²) in [5, 5.41) is 8.38. The van der Waals surface area contributed by atoms with Gasteiger partial charge in [0.25, 0.3) is 0 Å². The van der Waals surface area contributed by atoms with Gasteiger partial charge in [-0.15, -0.1) is 0 Å². The van der Waals surface area contributed by atoms with Crippen LogP contribution < -0.4 is 4.90 Å². The van der Waals surface area contributed by atoms with Crippen molar-refractivity contribution in [2.45, 2.75) is 13.8 Å². The summed E-state index contributed by atoms with van der Waals surface area (Å²) >= 11 is 0. The highest BCUT2D eigenvalue weighted by atomic mass is 32.3. The van der Waals surface area contributed by atoms with Crippen molar-refractivity contribution >= 4 is 48.6 Å². The van der Waals surface area contributed by atoms with E-state index in [4.69, 9.17) is 0 Å². The van der Waals surface area contributed by atoms with Gasteiger partial charge in [-0.25, -0.2) is 0 Å². The molecule has 0 aliphatic carbocycles. The SMILES string of the molecule is Cc1ccc(N(c2ccc(C)cc2)c2c3ccccc3c(C#CS(C)(C)C)c3ccccc23)cc1. The van der Waals surface area contributed by atoms with E-state index in [-0.39, 0.29) is 0 Å². The molecule has 5 aromatic rings. The number of fused-ring (bicyclic) bond motifs is 2. The van der Waals surface area contributed by atoms with Gasteiger partial charge in [0.2, 0.25) is 0 Å². The lowest BCUT2D eigenvalue weighted by molar-refractivity contribution is 1.29. The summed E-state index contributed by atoms with van der Waals surface area (Å²) in [4.78, 5) is 2.40. The van der Waals surface area contributed by atoms with Gasteiger partial charge in [0, 0.05) is 38.5 Å². The first-order chi connectivity index (χ1) is 16.8. The maximum atomic E-state index is 3.60. The zero-order valence-corrected chi connectivity index (χ0v) is 21.9. The van der Waals surface area contributed by atoms with Crippen LogP contribution in [0.1, 0.15) is 16.7 Å². The van der Waals surface area contributed by atoms with Gasteiger partial charge in [-0.2, -0.15) is 10.0 Å². The number of anilines is 3.